The van der Waals surface area contributed by atoms with E-state index in [1.807, 2.05) is 6.92 Å². The van der Waals surface area contributed by atoms with Crippen LogP contribution in [0.3, 0.4) is 0 Å². The predicted molar refractivity (Wildman–Crippen MR) is 81.6 cm³/mol. The Kier molecular flexibility index (Phi) is 6.44. The number of rotatable bonds is 5. The Morgan fingerprint density at radius 1 is 1.23 bits per heavy atom. The van der Waals surface area contributed by atoms with Crippen molar-refractivity contribution in [1.82, 2.24) is 5.32 Å². The lowest BCUT2D eigenvalue weighted by Crippen LogP contribution is -2.24. The lowest BCUT2D eigenvalue weighted by molar-refractivity contribution is 0.0953. The summed E-state index contributed by atoms with van der Waals surface area (Å²) >= 11 is 6.01. The van der Waals surface area contributed by atoms with Crippen LogP contribution in [0, 0.1) is 34.0 Å². The topological polar surface area (TPSA) is 112 Å². The summed E-state index contributed by atoms with van der Waals surface area (Å²) in [7, 11) is 0. The quantitative estimate of drug-likeness (QED) is 0.811. The minimum absolute atomic E-state index is 0.224. The van der Waals surface area contributed by atoms with E-state index in [0.717, 1.165) is 6.42 Å². The number of allylic oxidation sites excluding steroid dienone is 2. The molecule has 7 heteroatoms. The maximum atomic E-state index is 11.9. The van der Waals surface area contributed by atoms with Crippen LogP contribution in [0.15, 0.2) is 29.5 Å². The fourth-order valence-electron chi connectivity index (χ4n) is 1.52. The van der Waals surface area contributed by atoms with Gasteiger partial charge in [-0.05, 0) is 24.6 Å². The summed E-state index contributed by atoms with van der Waals surface area (Å²) in [6, 6.07) is 9.46. The van der Waals surface area contributed by atoms with Gasteiger partial charge in [0.1, 0.15) is 23.9 Å². The molecule has 0 aliphatic carbocycles. The Labute approximate surface area is 133 Å². The van der Waals surface area contributed by atoms with Crippen molar-refractivity contribution in [2.75, 3.05) is 11.9 Å². The number of anilines is 1. The third-order valence-electron chi connectivity index (χ3n) is 2.61. The predicted octanol–water partition coefficient (Wildman–Crippen LogP) is 2.72. The first-order valence-corrected chi connectivity index (χ1v) is 6.74. The van der Waals surface area contributed by atoms with Gasteiger partial charge in [0.2, 0.25) is 0 Å². The second-order valence-corrected chi connectivity index (χ2v) is 4.57. The van der Waals surface area contributed by atoms with Gasteiger partial charge < -0.3 is 10.6 Å². The zero-order valence-electron chi connectivity index (χ0n) is 11.8. The first-order valence-electron chi connectivity index (χ1n) is 6.36. The molecule has 6 nitrogen and oxygen atoms in total. The van der Waals surface area contributed by atoms with Crippen molar-refractivity contribution in [3.8, 4) is 18.2 Å². The van der Waals surface area contributed by atoms with E-state index < -0.39 is 0 Å². The largest absolute Gasteiger partial charge is 0.352 e. The van der Waals surface area contributed by atoms with Gasteiger partial charge in [0.15, 0.2) is 5.57 Å². The van der Waals surface area contributed by atoms with Crippen molar-refractivity contribution in [3.63, 3.8) is 0 Å². The number of hydrogen-bond acceptors (Lipinski definition) is 5. The van der Waals surface area contributed by atoms with Gasteiger partial charge in [-0.2, -0.15) is 15.8 Å². The number of hydrogen-bond donors (Lipinski definition) is 2. The fourth-order valence-corrected chi connectivity index (χ4v) is 1.69. The molecule has 1 aromatic carbocycles. The Balaban J connectivity index is 3.14. The number of halogens is 1. The number of nitrogens with zero attached hydrogens (tertiary/aromatic N) is 3. The number of carbonyl (C=O) groups is 1. The molecule has 0 atom stereocenters. The molecule has 0 heterocycles. The molecule has 0 bridgehead atoms. The van der Waals surface area contributed by atoms with E-state index in [9.17, 15) is 4.79 Å². The lowest BCUT2D eigenvalue weighted by Gasteiger charge is -2.10. The molecule has 0 spiro atoms. The maximum absolute atomic E-state index is 11.9. The molecule has 0 unspecified atom stereocenters. The third kappa shape index (κ3) is 4.24. The van der Waals surface area contributed by atoms with Gasteiger partial charge >= 0.3 is 0 Å². The number of carbonyl (C=O) groups excluding carboxylic acids is 1. The summed E-state index contributed by atoms with van der Waals surface area (Å²) in [5, 5.41) is 32.2. The highest BCUT2D eigenvalue weighted by Gasteiger charge is 2.12. The Bertz CT molecular complexity index is 718. The monoisotopic (exact) mass is 313 g/mol. The SMILES string of the molecule is CCCNC(=O)c1ccc(Cl)c(NC(C#N)=C(C#N)C#N)c1. The van der Waals surface area contributed by atoms with Gasteiger partial charge in [0.25, 0.3) is 5.91 Å². The fraction of sp³-hybridized carbons (Fsp3) is 0.200. The van der Waals surface area contributed by atoms with E-state index in [1.54, 1.807) is 24.3 Å². The lowest BCUT2D eigenvalue weighted by atomic mass is 10.1. The molecule has 1 rings (SSSR count). The van der Waals surface area contributed by atoms with Crippen LogP contribution in [0.25, 0.3) is 0 Å². The molecule has 0 aromatic heterocycles. The molecule has 2 N–H and O–H groups in total. The molecular formula is C15H12ClN5O. The van der Waals surface area contributed by atoms with Crippen LogP contribution in [0.1, 0.15) is 23.7 Å². The van der Waals surface area contributed by atoms with Gasteiger partial charge in [-0.3, -0.25) is 4.79 Å². The van der Waals surface area contributed by atoms with Crippen molar-refractivity contribution in [3.05, 3.63) is 40.1 Å². The molecule has 0 saturated carbocycles. The summed E-state index contributed by atoms with van der Waals surface area (Å²) in [6.45, 7) is 2.48. The second kappa shape index (κ2) is 8.32. The smallest absolute Gasteiger partial charge is 0.251 e. The number of nitriles is 3. The van der Waals surface area contributed by atoms with E-state index in [-0.39, 0.29) is 27.9 Å². The Hall–Kier alpha value is -3.01. The molecule has 0 aliphatic rings. The highest BCUT2D eigenvalue weighted by Crippen LogP contribution is 2.25. The van der Waals surface area contributed by atoms with Crippen molar-refractivity contribution in [2.45, 2.75) is 13.3 Å². The third-order valence-corrected chi connectivity index (χ3v) is 2.94. The van der Waals surface area contributed by atoms with Crippen LogP contribution in [0.5, 0.6) is 0 Å². The normalized spacial score (nSPS) is 8.86. The zero-order valence-corrected chi connectivity index (χ0v) is 12.5. The average molecular weight is 314 g/mol. The van der Waals surface area contributed by atoms with Gasteiger partial charge in [-0.1, -0.05) is 18.5 Å². The molecule has 0 fully saturated rings. The number of amides is 1. The standard InChI is InChI=1S/C15H12ClN5O/c1-2-5-20-15(22)10-3-4-12(16)13(6-10)21-14(9-19)11(7-17)8-18/h3-4,6,21H,2,5H2,1H3,(H,20,22). The van der Waals surface area contributed by atoms with Crippen LogP contribution in [0.2, 0.25) is 5.02 Å². The first kappa shape index (κ1) is 17.0. The van der Waals surface area contributed by atoms with E-state index in [0.29, 0.717) is 12.1 Å². The van der Waals surface area contributed by atoms with Crippen molar-refractivity contribution < 1.29 is 4.79 Å². The first-order chi connectivity index (χ1) is 10.6. The molecule has 1 amide bonds. The summed E-state index contributed by atoms with van der Waals surface area (Å²) in [6.07, 6.45) is 0.805. The zero-order chi connectivity index (χ0) is 16.5. The highest BCUT2D eigenvalue weighted by molar-refractivity contribution is 6.33. The average Bonchev–Trinajstić information content (AvgIpc) is 2.54. The Morgan fingerprint density at radius 2 is 1.91 bits per heavy atom. The summed E-state index contributed by atoms with van der Waals surface area (Å²) in [5.41, 5.74) is 0.0379. The van der Waals surface area contributed by atoms with Crippen LogP contribution in [0.4, 0.5) is 5.69 Å². The minimum Gasteiger partial charge on any atom is -0.352 e. The number of nitrogens with one attached hydrogen (secondary N) is 2. The van der Waals surface area contributed by atoms with Gasteiger partial charge in [0, 0.05) is 12.1 Å². The van der Waals surface area contributed by atoms with Gasteiger partial charge in [0.05, 0.1) is 10.7 Å². The van der Waals surface area contributed by atoms with E-state index in [2.05, 4.69) is 10.6 Å². The molecule has 110 valence electrons. The molecular weight excluding hydrogens is 302 g/mol. The van der Waals surface area contributed by atoms with Gasteiger partial charge in [-0.25, -0.2) is 0 Å². The molecule has 0 saturated heterocycles. The van der Waals surface area contributed by atoms with E-state index in [1.165, 1.54) is 12.1 Å². The Morgan fingerprint density at radius 3 is 2.45 bits per heavy atom. The highest BCUT2D eigenvalue weighted by atomic mass is 35.5. The van der Waals surface area contributed by atoms with Crippen LogP contribution >= 0.6 is 11.6 Å². The summed E-state index contributed by atoms with van der Waals surface area (Å²) in [4.78, 5) is 11.9. The molecule has 0 aliphatic heterocycles. The molecule has 0 radical (unpaired) electrons. The van der Waals surface area contributed by atoms with Crippen molar-refractivity contribution >= 4 is 23.2 Å². The van der Waals surface area contributed by atoms with Crippen LogP contribution in [-0.4, -0.2) is 12.5 Å². The minimum atomic E-state index is -0.362. The van der Waals surface area contributed by atoms with E-state index in [4.69, 9.17) is 27.4 Å². The molecule has 22 heavy (non-hydrogen) atoms. The second-order valence-electron chi connectivity index (χ2n) is 4.16. The summed E-state index contributed by atoms with van der Waals surface area (Å²) in [5.74, 6) is -0.273. The van der Waals surface area contributed by atoms with Crippen molar-refractivity contribution in [2.24, 2.45) is 0 Å². The van der Waals surface area contributed by atoms with Crippen LogP contribution in [-0.2, 0) is 0 Å². The maximum Gasteiger partial charge on any atom is 0.251 e. The van der Waals surface area contributed by atoms with Gasteiger partial charge in [-0.15, -0.1) is 0 Å². The van der Waals surface area contributed by atoms with Crippen molar-refractivity contribution in [1.29, 1.82) is 15.8 Å². The molecule has 1 aromatic rings. The number of benzene rings is 1. The van der Waals surface area contributed by atoms with E-state index >= 15 is 0 Å². The van der Waals surface area contributed by atoms with Crippen LogP contribution < -0.4 is 10.6 Å². The summed E-state index contributed by atoms with van der Waals surface area (Å²) < 4.78 is 0.